The van der Waals surface area contributed by atoms with Gasteiger partial charge >= 0.3 is 0 Å². The van der Waals surface area contributed by atoms with Crippen LogP contribution in [0.5, 0.6) is 0 Å². The molecule has 0 unspecified atom stereocenters. The molecule has 92 valence electrons. The Hall–Kier alpha value is -1.95. The van der Waals surface area contributed by atoms with E-state index in [1.165, 1.54) is 24.3 Å². The van der Waals surface area contributed by atoms with Crippen molar-refractivity contribution < 1.29 is 18.8 Å². The Kier molecular flexibility index (Phi) is 5.09. The highest BCUT2D eigenvalue weighted by molar-refractivity contribution is 5.96. The number of carbonyl (C=O) groups excluding carboxylic acids is 2. The third-order valence-corrected chi connectivity index (χ3v) is 1.85. The van der Waals surface area contributed by atoms with Gasteiger partial charge in [-0.05, 0) is 31.2 Å². The van der Waals surface area contributed by atoms with Crippen molar-refractivity contribution in [2.45, 2.75) is 6.92 Å². The number of carbonyl (C=O) groups is 2. The standard InChI is InChI=1S/C11H13FN2O3/c1-2-17-14-10(15)7-13-11(16)8-3-5-9(12)6-4-8/h3-6H,2,7H2,1H3,(H,13,16)(H,14,15). The van der Waals surface area contributed by atoms with Gasteiger partial charge in [0.05, 0.1) is 13.2 Å². The van der Waals surface area contributed by atoms with E-state index in [0.29, 0.717) is 6.61 Å². The molecular weight excluding hydrogens is 227 g/mol. The minimum Gasteiger partial charge on any atom is -0.343 e. The summed E-state index contributed by atoms with van der Waals surface area (Å²) in [5, 5.41) is 2.37. The molecule has 5 nitrogen and oxygen atoms in total. The predicted octanol–water partition coefficient (Wildman–Crippen LogP) is 0.623. The van der Waals surface area contributed by atoms with Gasteiger partial charge in [0, 0.05) is 5.56 Å². The molecule has 0 aromatic heterocycles. The van der Waals surface area contributed by atoms with Crippen molar-refractivity contribution in [2.75, 3.05) is 13.2 Å². The molecular formula is C11H13FN2O3. The fourth-order valence-electron chi connectivity index (χ4n) is 1.05. The van der Waals surface area contributed by atoms with Crippen LogP contribution in [0.1, 0.15) is 17.3 Å². The molecule has 0 saturated heterocycles. The van der Waals surface area contributed by atoms with E-state index in [9.17, 15) is 14.0 Å². The minimum absolute atomic E-state index is 0.198. The zero-order chi connectivity index (χ0) is 12.7. The number of benzene rings is 1. The van der Waals surface area contributed by atoms with Crippen molar-refractivity contribution >= 4 is 11.8 Å². The summed E-state index contributed by atoms with van der Waals surface area (Å²) in [6.07, 6.45) is 0. The van der Waals surface area contributed by atoms with Crippen molar-refractivity contribution in [1.29, 1.82) is 0 Å². The van der Waals surface area contributed by atoms with E-state index >= 15 is 0 Å². The Balaban J connectivity index is 2.39. The van der Waals surface area contributed by atoms with Gasteiger partial charge in [-0.1, -0.05) is 0 Å². The van der Waals surface area contributed by atoms with Crippen LogP contribution in [0.25, 0.3) is 0 Å². The topological polar surface area (TPSA) is 67.4 Å². The van der Waals surface area contributed by atoms with Crippen LogP contribution in [0, 0.1) is 5.82 Å². The second-order valence-corrected chi connectivity index (χ2v) is 3.15. The molecule has 0 aliphatic rings. The second-order valence-electron chi connectivity index (χ2n) is 3.15. The molecule has 0 atom stereocenters. The van der Waals surface area contributed by atoms with Crippen LogP contribution in [0.15, 0.2) is 24.3 Å². The fourth-order valence-corrected chi connectivity index (χ4v) is 1.05. The van der Waals surface area contributed by atoms with Crippen LogP contribution >= 0.6 is 0 Å². The van der Waals surface area contributed by atoms with Gasteiger partial charge in [0.15, 0.2) is 0 Å². The van der Waals surface area contributed by atoms with Crippen molar-refractivity contribution in [3.63, 3.8) is 0 Å². The van der Waals surface area contributed by atoms with Crippen LogP contribution in [0.4, 0.5) is 4.39 Å². The summed E-state index contributed by atoms with van der Waals surface area (Å²) in [6, 6.07) is 5.03. The lowest BCUT2D eigenvalue weighted by molar-refractivity contribution is -0.132. The summed E-state index contributed by atoms with van der Waals surface area (Å²) < 4.78 is 12.6. The molecule has 1 aromatic carbocycles. The zero-order valence-electron chi connectivity index (χ0n) is 9.33. The number of hydrogen-bond donors (Lipinski definition) is 2. The Morgan fingerprint density at radius 2 is 1.94 bits per heavy atom. The van der Waals surface area contributed by atoms with Gasteiger partial charge in [0.2, 0.25) is 0 Å². The number of rotatable bonds is 5. The molecule has 0 spiro atoms. The summed E-state index contributed by atoms with van der Waals surface area (Å²) in [7, 11) is 0. The molecule has 0 heterocycles. The largest absolute Gasteiger partial charge is 0.343 e. The lowest BCUT2D eigenvalue weighted by Crippen LogP contribution is -2.36. The Morgan fingerprint density at radius 3 is 2.53 bits per heavy atom. The van der Waals surface area contributed by atoms with Gasteiger partial charge in [0.1, 0.15) is 5.82 Å². The summed E-state index contributed by atoms with van der Waals surface area (Å²) in [5.74, 6) is -1.32. The summed E-state index contributed by atoms with van der Waals surface area (Å²) in [5.41, 5.74) is 2.42. The Morgan fingerprint density at radius 1 is 1.29 bits per heavy atom. The van der Waals surface area contributed by atoms with Crippen molar-refractivity contribution in [3.05, 3.63) is 35.6 Å². The zero-order valence-corrected chi connectivity index (χ0v) is 9.33. The first-order valence-corrected chi connectivity index (χ1v) is 5.08. The van der Waals surface area contributed by atoms with E-state index in [4.69, 9.17) is 0 Å². The Bertz CT molecular complexity index is 392. The van der Waals surface area contributed by atoms with Crippen LogP contribution < -0.4 is 10.8 Å². The summed E-state index contributed by atoms with van der Waals surface area (Å²) >= 11 is 0. The van der Waals surface area contributed by atoms with Crippen LogP contribution in [-0.4, -0.2) is 25.0 Å². The lowest BCUT2D eigenvalue weighted by Gasteiger charge is -2.05. The molecule has 0 aliphatic heterocycles. The van der Waals surface area contributed by atoms with E-state index in [2.05, 4.69) is 15.6 Å². The number of halogens is 1. The first-order chi connectivity index (χ1) is 8.13. The highest BCUT2D eigenvalue weighted by Gasteiger charge is 2.07. The monoisotopic (exact) mass is 240 g/mol. The first kappa shape index (κ1) is 13.1. The maximum absolute atomic E-state index is 12.6. The average molecular weight is 240 g/mol. The van der Waals surface area contributed by atoms with Crippen LogP contribution in [0.3, 0.4) is 0 Å². The smallest absolute Gasteiger partial charge is 0.262 e. The molecule has 1 aromatic rings. The summed E-state index contributed by atoms with van der Waals surface area (Å²) in [6.45, 7) is 1.87. The number of amides is 2. The van der Waals surface area contributed by atoms with Crippen molar-refractivity contribution in [1.82, 2.24) is 10.8 Å². The maximum Gasteiger partial charge on any atom is 0.262 e. The van der Waals surface area contributed by atoms with E-state index in [0.717, 1.165) is 0 Å². The van der Waals surface area contributed by atoms with Crippen LogP contribution in [0.2, 0.25) is 0 Å². The van der Waals surface area contributed by atoms with E-state index in [1.807, 2.05) is 0 Å². The normalized spacial score (nSPS) is 9.76. The van der Waals surface area contributed by atoms with Crippen molar-refractivity contribution in [3.8, 4) is 0 Å². The number of hydroxylamine groups is 1. The maximum atomic E-state index is 12.6. The average Bonchev–Trinajstić information content (AvgIpc) is 2.34. The van der Waals surface area contributed by atoms with Gasteiger partial charge in [-0.15, -0.1) is 0 Å². The molecule has 0 aliphatic carbocycles. The van der Waals surface area contributed by atoms with Gasteiger partial charge in [-0.25, -0.2) is 9.87 Å². The van der Waals surface area contributed by atoms with Gasteiger partial charge in [0.25, 0.3) is 11.8 Å². The molecule has 0 bridgehead atoms. The van der Waals surface area contributed by atoms with Crippen LogP contribution in [-0.2, 0) is 9.63 Å². The highest BCUT2D eigenvalue weighted by atomic mass is 19.1. The number of nitrogens with one attached hydrogen (secondary N) is 2. The number of hydrogen-bond acceptors (Lipinski definition) is 3. The first-order valence-electron chi connectivity index (χ1n) is 5.08. The predicted molar refractivity (Wildman–Crippen MR) is 58.5 cm³/mol. The fraction of sp³-hybridized carbons (Fsp3) is 0.273. The highest BCUT2D eigenvalue weighted by Crippen LogP contribution is 2.01. The minimum atomic E-state index is -0.456. The lowest BCUT2D eigenvalue weighted by atomic mass is 10.2. The molecule has 0 radical (unpaired) electrons. The third-order valence-electron chi connectivity index (χ3n) is 1.85. The SMILES string of the molecule is CCONC(=O)CNC(=O)c1ccc(F)cc1. The molecule has 17 heavy (non-hydrogen) atoms. The van der Waals surface area contributed by atoms with E-state index in [-0.39, 0.29) is 12.1 Å². The molecule has 2 N–H and O–H groups in total. The molecule has 0 saturated carbocycles. The van der Waals surface area contributed by atoms with Gasteiger partial charge < -0.3 is 5.32 Å². The summed E-state index contributed by atoms with van der Waals surface area (Å²) in [4.78, 5) is 27.2. The second kappa shape index (κ2) is 6.59. The molecule has 1 rings (SSSR count). The molecule has 6 heteroatoms. The Labute approximate surface area is 97.9 Å². The van der Waals surface area contributed by atoms with Crippen molar-refractivity contribution in [2.24, 2.45) is 0 Å². The molecule has 0 fully saturated rings. The molecule has 2 amide bonds. The quantitative estimate of drug-likeness (QED) is 0.741. The van der Waals surface area contributed by atoms with E-state index < -0.39 is 17.6 Å². The van der Waals surface area contributed by atoms with Gasteiger partial charge in [-0.2, -0.15) is 0 Å². The van der Waals surface area contributed by atoms with Gasteiger partial charge in [-0.3, -0.25) is 14.4 Å². The van der Waals surface area contributed by atoms with E-state index in [1.54, 1.807) is 6.92 Å². The third kappa shape index (κ3) is 4.60.